The zero-order chi connectivity index (χ0) is 22.4. The zero-order valence-corrected chi connectivity index (χ0v) is 18.1. The lowest BCUT2D eigenvalue weighted by atomic mass is 9.98. The Hall–Kier alpha value is -2.49. The van der Waals surface area contributed by atoms with Gasteiger partial charge in [-0.3, -0.25) is 9.52 Å². The number of nitrogens with one attached hydrogen (secondary N) is 1. The first-order valence-electron chi connectivity index (χ1n) is 10.2. The first-order chi connectivity index (χ1) is 14.8. The molecule has 1 aliphatic heterocycles. The van der Waals surface area contributed by atoms with Crippen molar-refractivity contribution in [1.29, 1.82) is 0 Å². The van der Waals surface area contributed by atoms with Gasteiger partial charge in [-0.25, -0.2) is 12.8 Å². The average Bonchev–Trinajstić information content (AvgIpc) is 2.75. The van der Waals surface area contributed by atoms with E-state index in [1.807, 2.05) is 6.92 Å². The van der Waals surface area contributed by atoms with Crippen molar-refractivity contribution in [2.75, 3.05) is 23.7 Å². The summed E-state index contributed by atoms with van der Waals surface area (Å²) in [5.41, 5.74) is 1.90. The molecule has 0 spiro atoms. The summed E-state index contributed by atoms with van der Waals surface area (Å²) in [5.74, 6) is -0.566. The SMILES string of the molecule is CCCCS(=O)(=O)Nc1ccc(C2OCC(=O)N(Cc3ccc(F)cc3)C2CO)cc1. The molecular formula is C22H27FN2O5S. The third kappa shape index (κ3) is 6.03. The number of halogens is 1. The van der Waals surface area contributed by atoms with Gasteiger partial charge < -0.3 is 14.7 Å². The summed E-state index contributed by atoms with van der Waals surface area (Å²) in [5, 5.41) is 10.00. The second kappa shape index (κ2) is 10.2. The molecule has 1 heterocycles. The predicted octanol–water partition coefficient (Wildman–Crippen LogP) is 2.83. The number of carbonyl (C=O) groups is 1. The highest BCUT2D eigenvalue weighted by atomic mass is 32.2. The fraction of sp³-hybridized carbons (Fsp3) is 0.409. The number of carbonyl (C=O) groups excluding carboxylic acids is 1. The van der Waals surface area contributed by atoms with E-state index in [9.17, 15) is 22.7 Å². The maximum absolute atomic E-state index is 13.2. The molecule has 2 aromatic carbocycles. The van der Waals surface area contributed by atoms with E-state index in [1.165, 1.54) is 17.0 Å². The molecule has 1 saturated heterocycles. The van der Waals surface area contributed by atoms with E-state index in [0.717, 1.165) is 12.0 Å². The van der Waals surface area contributed by atoms with Crippen molar-refractivity contribution in [2.24, 2.45) is 0 Å². The fourth-order valence-electron chi connectivity index (χ4n) is 3.51. The smallest absolute Gasteiger partial charge is 0.249 e. The van der Waals surface area contributed by atoms with E-state index < -0.39 is 22.2 Å². The van der Waals surface area contributed by atoms with Crippen molar-refractivity contribution in [1.82, 2.24) is 4.90 Å². The van der Waals surface area contributed by atoms with Gasteiger partial charge in [0.2, 0.25) is 15.9 Å². The number of hydrogen-bond acceptors (Lipinski definition) is 5. The van der Waals surface area contributed by atoms with Crippen molar-refractivity contribution >= 4 is 21.6 Å². The fourth-order valence-corrected chi connectivity index (χ4v) is 4.78. The highest BCUT2D eigenvalue weighted by molar-refractivity contribution is 7.92. The third-order valence-electron chi connectivity index (χ3n) is 5.19. The minimum atomic E-state index is -3.40. The summed E-state index contributed by atoms with van der Waals surface area (Å²) in [6, 6.07) is 11.9. The number of amides is 1. The Kier molecular flexibility index (Phi) is 7.64. The van der Waals surface area contributed by atoms with E-state index in [2.05, 4.69) is 4.72 Å². The molecule has 0 bridgehead atoms. The number of rotatable bonds is 9. The quantitative estimate of drug-likeness (QED) is 0.613. The van der Waals surface area contributed by atoms with Crippen LogP contribution in [0.3, 0.4) is 0 Å². The van der Waals surface area contributed by atoms with E-state index in [0.29, 0.717) is 17.7 Å². The normalized spacial score (nSPS) is 19.5. The summed E-state index contributed by atoms with van der Waals surface area (Å²) >= 11 is 0. The first-order valence-corrected chi connectivity index (χ1v) is 11.8. The molecule has 2 aromatic rings. The van der Waals surface area contributed by atoms with Gasteiger partial charge in [-0.05, 0) is 41.8 Å². The molecule has 31 heavy (non-hydrogen) atoms. The molecule has 1 aliphatic rings. The number of aliphatic hydroxyl groups is 1. The molecule has 7 nitrogen and oxygen atoms in total. The Labute approximate surface area is 181 Å². The molecule has 0 aromatic heterocycles. The van der Waals surface area contributed by atoms with Gasteiger partial charge in [0.1, 0.15) is 18.5 Å². The minimum Gasteiger partial charge on any atom is -0.394 e. The maximum Gasteiger partial charge on any atom is 0.249 e. The molecule has 1 amide bonds. The van der Waals surface area contributed by atoms with E-state index in [4.69, 9.17) is 4.74 Å². The summed E-state index contributed by atoms with van der Waals surface area (Å²) in [4.78, 5) is 14.0. The summed E-state index contributed by atoms with van der Waals surface area (Å²) in [6.45, 7) is 1.69. The van der Waals surface area contributed by atoms with Crippen molar-refractivity contribution in [3.05, 3.63) is 65.5 Å². The van der Waals surface area contributed by atoms with Crippen molar-refractivity contribution in [2.45, 2.75) is 38.5 Å². The van der Waals surface area contributed by atoms with Crippen LogP contribution in [0, 0.1) is 5.82 Å². The monoisotopic (exact) mass is 450 g/mol. The van der Waals surface area contributed by atoms with Gasteiger partial charge in [-0.2, -0.15) is 0 Å². The number of benzene rings is 2. The van der Waals surface area contributed by atoms with Gasteiger partial charge in [0.25, 0.3) is 0 Å². The number of morpholine rings is 1. The van der Waals surface area contributed by atoms with Gasteiger partial charge in [0.05, 0.1) is 18.4 Å². The lowest BCUT2D eigenvalue weighted by molar-refractivity contribution is -0.162. The van der Waals surface area contributed by atoms with Gasteiger partial charge in [-0.15, -0.1) is 0 Å². The number of nitrogens with zero attached hydrogens (tertiary/aromatic N) is 1. The maximum atomic E-state index is 13.2. The molecule has 2 unspecified atom stereocenters. The number of anilines is 1. The molecule has 0 radical (unpaired) electrons. The average molecular weight is 451 g/mol. The Balaban J connectivity index is 1.75. The molecule has 2 atom stereocenters. The van der Waals surface area contributed by atoms with Crippen molar-refractivity contribution in [3.63, 3.8) is 0 Å². The molecule has 0 saturated carbocycles. The predicted molar refractivity (Wildman–Crippen MR) is 115 cm³/mol. The van der Waals surface area contributed by atoms with Crippen LogP contribution in [0.15, 0.2) is 48.5 Å². The first kappa shape index (κ1) is 23.2. The van der Waals surface area contributed by atoms with Crippen LogP contribution in [0.1, 0.15) is 37.0 Å². The molecular weight excluding hydrogens is 423 g/mol. The summed E-state index contributed by atoms with van der Waals surface area (Å²) < 4.78 is 45.6. The van der Waals surface area contributed by atoms with Crippen LogP contribution in [0.25, 0.3) is 0 Å². The Morgan fingerprint density at radius 3 is 2.45 bits per heavy atom. The summed E-state index contributed by atoms with van der Waals surface area (Å²) in [7, 11) is -3.40. The van der Waals surface area contributed by atoms with Gasteiger partial charge in [-0.1, -0.05) is 37.6 Å². The highest BCUT2D eigenvalue weighted by Gasteiger charge is 2.37. The minimum absolute atomic E-state index is 0.0596. The van der Waals surface area contributed by atoms with Crippen molar-refractivity contribution in [3.8, 4) is 0 Å². The topological polar surface area (TPSA) is 95.9 Å². The van der Waals surface area contributed by atoms with Gasteiger partial charge in [0, 0.05) is 12.2 Å². The lowest BCUT2D eigenvalue weighted by Crippen LogP contribution is -2.52. The molecule has 0 aliphatic carbocycles. The lowest BCUT2D eigenvalue weighted by Gasteiger charge is -2.40. The molecule has 2 N–H and O–H groups in total. The Bertz CT molecular complexity index is 980. The molecule has 9 heteroatoms. The number of hydrogen-bond donors (Lipinski definition) is 2. The standard InChI is InChI=1S/C22H27FN2O5S/c1-2-3-12-31(28,29)24-19-10-6-17(7-11-19)22-20(14-26)25(21(27)15-30-22)13-16-4-8-18(23)9-5-16/h4-11,20,22,24,26H,2-3,12-15H2,1H3. The number of aliphatic hydroxyl groups excluding tert-OH is 1. The number of unbranched alkanes of at least 4 members (excludes halogenated alkanes) is 1. The molecule has 1 fully saturated rings. The summed E-state index contributed by atoms with van der Waals surface area (Å²) in [6.07, 6.45) is 0.794. The van der Waals surface area contributed by atoms with Crippen LogP contribution in [0.5, 0.6) is 0 Å². The molecule has 3 rings (SSSR count). The second-order valence-electron chi connectivity index (χ2n) is 7.53. The highest BCUT2D eigenvalue weighted by Crippen LogP contribution is 2.31. The van der Waals surface area contributed by atoms with E-state index in [1.54, 1.807) is 36.4 Å². The van der Waals surface area contributed by atoms with Crippen molar-refractivity contribution < 1.29 is 27.4 Å². The van der Waals surface area contributed by atoms with Crippen LogP contribution in [0.2, 0.25) is 0 Å². The van der Waals surface area contributed by atoms with Crippen LogP contribution in [0.4, 0.5) is 10.1 Å². The van der Waals surface area contributed by atoms with Crippen LogP contribution in [-0.2, 0) is 26.1 Å². The Morgan fingerprint density at radius 1 is 1.16 bits per heavy atom. The molecule has 168 valence electrons. The van der Waals surface area contributed by atoms with Crippen LogP contribution >= 0.6 is 0 Å². The largest absolute Gasteiger partial charge is 0.394 e. The van der Waals surface area contributed by atoms with Gasteiger partial charge >= 0.3 is 0 Å². The van der Waals surface area contributed by atoms with E-state index in [-0.39, 0.29) is 37.2 Å². The third-order valence-corrected chi connectivity index (χ3v) is 6.56. The van der Waals surface area contributed by atoms with Gasteiger partial charge in [0.15, 0.2) is 0 Å². The second-order valence-corrected chi connectivity index (χ2v) is 9.37. The number of sulfonamides is 1. The van der Waals surface area contributed by atoms with Crippen LogP contribution in [-0.4, -0.2) is 49.3 Å². The van der Waals surface area contributed by atoms with E-state index >= 15 is 0 Å². The number of ether oxygens (including phenoxy) is 1. The zero-order valence-electron chi connectivity index (χ0n) is 17.3. The van der Waals surface area contributed by atoms with Crippen LogP contribution < -0.4 is 4.72 Å². The Morgan fingerprint density at radius 2 is 1.84 bits per heavy atom.